The highest BCUT2D eigenvalue weighted by Gasteiger charge is 2.54. The molecule has 3 amide bonds. The lowest BCUT2D eigenvalue weighted by atomic mass is 9.97. The van der Waals surface area contributed by atoms with Crippen molar-refractivity contribution in [1.29, 1.82) is 0 Å². The lowest BCUT2D eigenvalue weighted by molar-refractivity contribution is -0.169. The summed E-state index contributed by atoms with van der Waals surface area (Å²) in [7, 11) is -4.29. The average Bonchev–Trinajstić information content (AvgIpc) is 2.82. The molecular formula is C24H27Cl2N5O5S. The Bertz CT molecular complexity index is 1320. The van der Waals surface area contributed by atoms with Crippen LogP contribution in [-0.4, -0.2) is 82.6 Å². The van der Waals surface area contributed by atoms with Gasteiger partial charge >= 0.3 is 0 Å². The summed E-state index contributed by atoms with van der Waals surface area (Å²) in [5, 5.41) is 2.74. The maximum Gasteiger partial charge on any atom is 0.248 e. The first-order valence-corrected chi connectivity index (χ1v) is 13.9. The number of pyridine rings is 1. The van der Waals surface area contributed by atoms with E-state index in [1.807, 2.05) is 13.8 Å². The van der Waals surface area contributed by atoms with Crippen LogP contribution in [0.15, 0.2) is 47.6 Å². The van der Waals surface area contributed by atoms with Crippen molar-refractivity contribution in [2.75, 3.05) is 13.1 Å². The quantitative estimate of drug-likeness (QED) is 0.569. The minimum absolute atomic E-state index is 0.0354. The Morgan fingerprint density at radius 1 is 1.11 bits per heavy atom. The first kappa shape index (κ1) is 27.3. The molecule has 0 saturated carbocycles. The van der Waals surface area contributed by atoms with E-state index in [9.17, 15) is 22.8 Å². The van der Waals surface area contributed by atoms with Crippen LogP contribution in [0.5, 0.6) is 0 Å². The van der Waals surface area contributed by atoms with Gasteiger partial charge in [-0.25, -0.2) is 8.42 Å². The van der Waals surface area contributed by atoms with Gasteiger partial charge < -0.3 is 15.1 Å². The van der Waals surface area contributed by atoms with Gasteiger partial charge in [-0.3, -0.25) is 19.4 Å². The van der Waals surface area contributed by atoms with Crippen molar-refractivity contribution in [3.8, 4) is 0 Å². The topological polar surface area (TPSA) is 120 Å². The van der Waals surface area contributed by atoms with E-state index in [2.05, 4.69) is 10.3 Å². The number of hydrogen-bond donors (Lipinski definition) is 1. The number of benzene rings is 1. The van der Waals surface area contributed by atoms with Crippen LogP contribution >= 0.6 is 23.2 Å². The lowest BCUT2D eigenvalue weighted by Gasteiger charge is -2.54. The van der Waals surface area contributed by atoms with Crippen LogP contribution in [0, 0.1) is 0 Å². The highest BCUT2D eigenvalue weighted by Crippen LogP contribution is 2.35. The smallest absolute Gasteiger partial charge is 0.248 e. The Morgan fingerprint density at radius 2 is 1.78 bits per heavy atom. The van der Waals surface area contributed by atoms with Gasteiger partial charge in [-0.2, -0.15) is 4.31 Å². The van der Waals surface area contributed by atoms with Crippen LogP contribution in [0.4, 0.5) is 0 Å². The monoisotopic (exact) mass is 567 g/mol. The fourth-order valence-electron chi connectivity index (χ4n) is 4.78. The molecule has 2 saturated heterocycles. The fraction of sp³-hybridized carbons (Fsp3) is 0.417. The standard InChI is InChI=1S/C24H27Cl2N5O5S/c1-14(2)29-13-22-30(37(35,36)21-5-4-17(25)11-18(21)26)12-19(28-15(3)32)23(33)31(22)20(24(29)34)10-16-6-8-27-9-7-16/h4-9,11,14,19-20,22H,10,12-13H2,1-3H3,(H,28,32). The molecule has 2 fully saturated rings. The SMILES string of the molecule is CC(=O)NC1CN(S(=O)(=O)c2ccc(Cl)cc2Cl)C2CN(C(C)C)C(=O)C(Cc3ccncc3)N2C1=O. The second kappa shape index (κ2) is 10.6. The van der Waals surface area contributed by atoms with E-state index < -0.39 is 40.1 Å². The van der Waals surface area contributed by atoms with E-state index >= 15 is 0 Å². The summed E-state index contributed by atoms with van der Waals surface area (Å²) in [6, 6.07) is 5.08. The second-order valence-corrected chi connectivity index (χ2v) is 12.0. The molecule has 0 spiro atoms. The number of rotatable bonds is 6. The number of carbonyl (C=O) groups is 3. The molecule has 0 aliphatic carbocycles. The summed E-state index contributed by atoms with van der Waals surface area (Å²) in [4.78, 5) is 46.0. The number of aromatic nitrogens is 1. The normalized spacial score (nSPS) is 22.8. The highest BCUT2D eigenvalue weighted by atomic mass is 35.5. The Labute approximate surface area is 225 Å². The number of nitrogens with one attached hydrogen (secondary N) is 1. The van der Waals surface area contributed by atoms with Gasteiger partial charge in [0.05, 0.1) is 11.6 Å². The molecule has 3 heterocycles. The molecule has 3 unspecified atom stereocenters. The Balaban J connectivity index is 1.85. The molecule has 37 heavy (non-hydrogen) atoms. The van der Waals surface area contributed by atoms with Crippen LogP contribution in [0.25, 0.3) is 0 Å². The molecule has 3 atom stereocenters. The van der Waals surface area contributed by atoms with Crippen molar-refractivity contribution in [2.24, 2.45) is 0 Å². The third kappa shape index (κ3) is 5.31. The molecule has 0 radical (unpaired) electrons. The molecule has 0 bridgehead atoms. The number of amides is 3. The number of fused-ring (bicyclic) bond motifs is 1. The number of sulfonamides is 1. The van der Waals surface area contributed by atoms with E-state index in [1.54, 1.807) is 29.4 Å². The first-order chi connectivity index (χ1) is 17.4. The lowest BCUT2D eigenvalue weighted by Crippen LogP contribution is -2.76. The summed E-state index contributed by atoms with van der Waals surface area (Å²) in [6.45, 7) is 4.55. The number of nitrogens with zero attached hydrogens (tertiary/aromatic N) is 4. The number of carbonyl (C=O) groups excluding carboxylic acids is 3. The first-order valence-electron chi connectivity index (χ1n) is 11.7. The van der Waals surface area contributed by atoms with Crippen LogP contribution < -0.4 is 5.32 Å². The number of piperazine rings is 1. The highest BCUT2D eigenvalue weighted by molar-refractivity contribution is 7.89. The van der Waals surface area contributed by atoms with Crippen LogP contribution in [0.2, 0.25) is 10.0 Å². The van der Waals surface area contributed by atoms with E-state index in [1.165, 1.54) is 30.0 Å². The van der Waals surface area contributed by atoms with Crippen molar-refractivity contribution < 1.29 is 22.8 Å². The molecule has 13 heteroatoms. The van der Waals surface area contributed by atoms with Gasteiger partial charge in [0.15, 0.2) is 0 Å². The van der Waals surface area contributed by atoms with Gasteiger partial charge in [-0.1, -0.05) is 23.2 Å². The molecule has 1 aromatic carbocycles. The zero-order chi connectivity index (χ0) is 27.1. The van der Waals surface area contributed by atoms with E-state index in [-0.39, 0.29) is 46.4 Å². The summed E-state index contributed by atoms with van der Waals surface area (Å²) in [5.41, 5.74) is 0.752. The maximum atomic E-state index is 14.0. The summed E-state index contributed by atoms with van der Waals surface area (Å²) < 4.78 is 29.1. The maximum absolute atomic E-state index is 14.0. The minimum atomic E-state index is -4.29. The zero-order valence-corrected chi connectivity index (χ0v) is 22.8. The predicted molar refractivity (Wildman–Crippen MR) is 137 cm³/mol. The zero-order valence-electron chi connectivity index (χ0n) is 20.5. The molecule has 1 N–H and O–H groups in total. The average molecular weight is 568 g/mol. The van der Waals surface area contributed by atoms with Crippen molar-refractivity contribution in [3.05, 3.63) is 58.3 Å². The van der Waals surface area contributed by atoms with E-state index in [0.717, 1.165) is 9.87 Å². The molecule has 10 nitrogen and oxygen atoms in total. The van der Waals surface area contributed by atoms with E-state index in [4.69, 9.17) is 23.2 Å². The molecule has 2 aliphatic rings. The molecule has 4 rings (SSSR count). The third-order valence-corrected chi connectivity index (χ3v) is 9.07. The minimum Gasteiger partial charge on any atom is -0.343 e. The Hall–Kier alpha value is -2.73. The van der Waals surface area contributed by atoms with Crippen LogP contribution in [-0.2, 0) is 30.8 Å². The second-order valence-electron chi connectivity index (χ2n) is 9.29. The van der Waals surface area contributed by atoms with Crippen LogP contribution in [0.1, 0.15) is 26.3 Å². The van der Waals surface area contributed by atoms with Gasteiger partial charge in [-0.05, 0) is 49.7 Å². The van der Waals surface area contributed by atoms with Gasteiger partial charge in [0.25, 0.3) is 0 Å². The molecular weight excluding hydrogens is 541 g/mol. The van der Waals surface area contributed by atoms with Gasteiger partial charge in [0, 0.05) is 43.3 Å². The van der Waals surface area contributed by atoms with E-state index in [0.29, 0.717) is 0 Å². The van der Waals surface area contributed by atoms with Crippen molar-refractivity contribution >= 4 is 50.9 Å². The molecule has 198 valence electrons. The third-order valence-electron chi connectivity index (χ3n) is 6.49. The van der Waals surface area contributed by atoms with Gasteiger partial charge in [0.2, 0.25) is 27.7 Å². The molecule has 1 aromatic heterocycles. The van der Waals surface area contributed by atoms with Gasteiger partial charge in [0.1, 0.15) is 23.1 Å². The Morgan fingerprint density at radius 3 is 2.38 bits per heavy atom. The van der Waals surface area contributed by atoms with Crippen molar-refractivity contribution in [1.82, 2.24) is 24.4 Å². The Kier molecular flexibility index (Phi) is 7.80. The van der Waals surface area contributed by atoms with Crippen LogP contribution in [0.3, 0.4) is 0 Å². The fourth-order valence-corrected chi connectivity index (χ4v) is 7.11. The van der Waals surface area contributed by atoms with Crippen molar-refractivity contribution in [2.45, 2.75) is 56.4 Å². The summed E-state index contributed by atoms with van der Waals surface area (Å²) in [6.07, 6.45) is 2.30. The summed E-state index contributed by atoms with van der Waals surface area (Å²) >= 11 is 12.3. The predicted octanol–water partition coefficient (Wildman–Crippen LogP) is 1.91. The number of hydrogen-bond acceptors (Lipinski definition) is 6. The van der Waals surface area contributed by atoms with Gasteiger partial charge in [-0.15, -0.1) is 0 Å². The largest absolute Gasteiger partial charge is 0.343 e. The molecule has 2 aliphatic heterocycles. The van der Waals surface area contributed by atoms with Crippen molar-refractivity contribution in [3.63, 3.8) is 0 Å². The summed E-state index contributed by atoms with van der Waals surface area (Å²) in [5.74, 6) is -1.33. The number of halogens is 2. The molecule has 2 aromatic rings.